The van der Waals surface area contributed by atoms with E-state index in [0.29, 0.717) is 0 Å². The van der Waals surface area contributed by atoms with Crippen molar-refractivity contribution in [2.24, 2.45) is 0 Å². The van der Waals surface area contributed by atoms with Crippen LogP contribution in [0.15, 0.2) is 0 Å². The minimum Gasteiger partial charge on any atom is -0.0464 e. The van der Waals surface area contributed by atoms with E-state index in [4.69, 9.17) is 1.37 Å². The van der Waals surface area contributed by atoms with Gasteiger partial charge in [0.2, 0.25) is 0 Å². The molecule has 1 aliphatic carbocycles. The standard InChI is InChI=1S/C10H20P/c1-2-11(10-6-7-10)8-4-3-5-9-11/h10H,2-9H2,1H3/q+1/i10D. The topological polar surface area (TPSA) is 0 Å². The predicted octanol–water partition coefficient (Wildman–Crippen LogP) is 3.37. The highest BCUT2D eigenvalue weighted by Crippen LogP contribution is 2.72. The molecular formula is C10H20P+. The summed E-state index contributed by atoms with van der Waals surface area (Å²) in [6.45, 7) is 2.34. The second-order valence-corrected chi connectivity index (χ2v) is 8.49. The van der Waals surface area contributed by atoms with Crippen LogP contribution in [0.25, 0.3) is 0 Å². The summed E-state index contributed by atoms with van der Waals surface area (Å²) in [6.07, 6.45) is 11.0. The summed E-state index contributed by atoms with van der Waals surface area (Å²) in [5.41, 5.74) is 0.127. The maximum absolute atomic E-state index is 8.33. The zero-order chi connectivity index (χ0) is 8.66. The van der Waals surface area contributed by atoms with Crippen molar-refractivity contribution in [2.45, 2.75) is 44.7 Å². The van der Waals surface area contributed by atoms with E-state index < -0.39 is 7.26 Å². The summed E-state index contributed by atoms with van der Waals surface area (Å²) in [6, 6.07) is 0. The van der Waals surface area contributed by atoms with Crippen LogP contribution in [-0.2, 0) is 0 Å². The van der Waals surface area contributed by atoms with Gasteiger partial charge >= 0.3 is 0 Å². The van der Waals surface area contributed by atoms with E-state index >= 15 is 0 Å². The number of hydrogen-bond donors (Lipinski definition) is 0. The van der Waals surface area contributed by atoms with Crippen LogP contribution in [0.2, 0.25) is 0 Å². The Labute approximate surface area is 72.5 Å². The maximum atomic E-state index is 8.33. The quantitative estimate of drug-likeness (QED) is 0.560. The molecule has 1 heteroatoms. The van der Waals surface area contributed by atoms with Gasteiger partial charge in [-0.15, -0.1) is 0 Å². The molecule has 0 atom stereocenters. The van der Waals surface area contributed by atoms with Gasteiger partial charge in [-0.05, 0) is 39.0 Å². The Morgan fingerprint density at radius 3 is 2.36 bits per heavy atom. The fourth-order valence-corrected chi connectivity index (χ4v) is 7.16. The molecular weight excluding hydrogens is 151 g/mol. The second-order valence-electron chi connectivity index (χ2n) is 4.04. The van der Waals surface area contributed by atoms with E-state index in [9.17, 15) is 0 Å². The van der Waals surface area contributed by atoms with Crippen molar-refractivity contribution in [3.8, 4) is 0 Å². The largest absolute Gasteiger partial charge is 0.0745 e. The molecule has 64 valence electrons. The molecule has 0 spiro atoms. The van der Waals surface area contributed by atoms with Crippen LogP contribution in [-0.4, -0.2) is 24.1 Å². The van der Waals surface area contributed by atoms with Gasteiger partial charge in [-0.25, -0.2) is 0 Å². The van der Waals surface area contributed by atoms with Crippen LogP contribution in [0.3, 0.4) is 0 Å². The SMILES string of the molecule is [2H]C1([P+]2(CC)CCCCC2)CC1. The summed E-state index contributed by atoms with van der Waals surface area (Å²) in [5, 5.41) is 0. The minimum atomic E-state index is -0.777. The third-order valence-electron chi connectivity index (χ3n) is 3.42. The van der Waals surface area contributed by atoms with Gasteiger partial charge in [0.05, 0.1) is 25.5 Å². The monoisotopic (exact) mass is 172 g/mol. The Morgan fingerprint density at radius 1 is 1.27 bits per heavy atom. The van der Waals surface area contributed by atoms with Gasteiger partial charge in [-0.1, -0.05) is 0 Å². The summed E-state index contributed by atoms with van der Waals surface area (Å²) in [4.78, 5) is 0. The first-order chi connectivity index (χ1) is 5.72. The summed E-state index contributed by atoms with van der Waals surface area (Å²) < 4.78 is 8.33. The molecule has 0 bridgehead atoms. The molecule has 0 nitrogen and oxygen atoms in total. The fraction of sp³-hybridized carbons (Fsp3) is 1.00. The molecule has 2 aliphatic rings. The van der Waals surface area contributed by atoms with Crippen LogP contribution in [0.1, 0.15) is 40.4 Å². The van der Waals surface area contributed by atoms with E-state index in [1.807, 2.05) is 0 Å². The molecule has 11 heavy (non-hydrogen) atoms. The molecule has 0 amide bonds. The number of hydrogen-bond acceptors (Lipinski definition) is 0. The molecule has 2 rings (SSSR count). The van der Waals surface area contributed by atoms with Crippen LogP contribution in [0, 0.1) is 0 Å². The highest BCUT2D eigenvalue weighted by atomic mass is 31.2. The molecule has 1 saturated heterocycles. The summed E-state index contributed by atoms with van der Waals surface area (Å²) in [7, 11) is -0.777. The lowest BCUT2D eigenvalue weighted by molar-refractivity contribution is 0.740. The molecule has 0 aromatic rings. The molecule has 2 fully saturated rings. The third-order valence-corrected chi connectivity index (χ3v) is 8.77. The lowest BCUT2D eigenvalue weighted by Crippen LogP contribution is -2.15. The Bertz CT molecular complexity index is 169. The van der Waals surface area contributed by atoms with Crippen LogP contribution < -0.4 is 0 Å². The van der Waals surface area contributed by atoms with Crippen molar-refractivity contribution in [3.63, 3.8) is 0 Å². The van der Waals surface area contributed by atoms with Gasteiger partial charge in [0.1, 0.15) is 0 Å². The fourth-order valence-electron chi connectivity index (χ4n) is 2.50. The van der Waals surface area contributed by atoms with Crippen molar-refractivity contribution < 1.29 is 1.37 Å². The zero-order valence-electron chi connectivity index (χ0n) is 8.60. The first-order valence-electron chi connectivity index (χ1n) is 5.59. The van der Waals surface area contributed by atoms with Gasteiger partial charge < -0.3 is 0 Å². The van der Waals surface area contributed by atoms with E-state index in [0.717, 1.165) is 0 Å². The molecule has 0 aromatic carbocycles. The lowest BCUT2D eigenvalue weighted by Gasteiger charge is -2.30. The first kappa shape index (κ1) is 6.89. The molecule has 1 aliphatic heterocycles. The molecule has 1 heterocycles. The molecule has 0 unspecified atom stereocenters. The normalized spacial score (nSPS) is 34.5. The van der Waals surface area contributed by atoms with Crippen molar-refractivity contribution in [3.05, 3.63) is 0 Å². The van der Waals surface area contributed by atoms with E-state index in [1.165, 1.54) is 50.6 Å². The van der Waals surface area contributed by atoms with Crippen molar-refractivity contribution in [2.75, 3.05) is 18.5 Å². The van der Waals surface area contributed by atoms with E-state index in [-0.39, 0.29) is 5.64 Å². The number of rotatable bonds is 2. The molecule has 0 N–H and O–H groups in total. The third kappa shape index (κ3) is 1.47. The van der Waals surface area contributed by atoms with E-state index in [1.54, 1.807) is 0 Å². The summed E-state index contributed by atoms with van der Waals surface area (Å²) in [5.74, 6) is 0. The second kappa shape index (κ2) is 3.05. The predicted molar refractivity (Wildman–Crippen MR) is 54.1 cm³/mol. The Kier molecular flexibility index (Phi) is 1.91. The van der Waals surface area contributed by atoms with Crippen molar-refractivity contribution in [1.29, 1.82) is 0 Å². The highest BCUT2D eigenvalue weighted by molar-refractivity contribution is 7.76. The zero-order valence-corrected chi connectivity index (χ0v) is 8.50. The van der Waals surface area contributed by atoms with Gasteiger partial charge in [0.25, 0.3) is 0 Å². The van der Waals surface area contributed by atoms with Crippen LogP contribution in [0.4, 0.5) is 0 Å². The van der Waals surface area contributed by atoms with E-state index in [2.05, 4.69) is 6.92 Å². The Balaban J connectivity index is 2.11. The van der Waals surface area contributed by atoms with Crippen molar-refractivity contribution >= 4 is 7.26 Å². The highest BCUT2D eigenvalue weighted by Gasteiger charge is 2.50. The minimum absolute atomic E-state index is 0.127. The first-order valence-corrected chi connectivity index (χ1v) is 7.43. The smallest absolute Gasteiger partial charge is 0.0464 e. The van der Waals surface area contributed by atoms with Gasteiger partial charge in [0.15, 0.2) is 0 Å². The average Bonchev–Trinajstić information content (AvgIpc) is 2.87. The van der Waals surface area contributed by atoms with Gasteiger partial charge in [0, 0.05) is 7.26 Å². The van der Waals surface area contributed by atoms with Crippen LogP contribution >= 0.6 is 7.26 Å². The lowest BCUT2D eigenvalue weighted by atomic mass is 10.3. The molecule has 0 aromatic heterocycles. The summed E-state index contributed by atoms with van der Waals surface area (Å²) >= 11 is 0. The van der Waals surface area contributed by atoms with Crippen molar-refractivity contribution in [1.82, 2.24) is 0 Å². The van der Waals surface area contributed by atoms with Gasteiger partial charge in [-0.3, -0.25) is 0 Å². The Morgan fingerprint density at radius 2 is 1.91 bits per heavy atom. The Hall–Kier alpha value is 0.430. The molecule has 0 radical (unpaired) electrons. The van der Waals surface area contributed by atoms with Gasteiger partial charge in [-0.2, -0.15) is 0 Å². The van der Waals surface area contributed by atoms with Crippen LogP contribution in [0.5, 0.6) is 0 Å². The average molecular weight is 172 g/mol. The molecule has 1 saturated carbocycles. The maximum Gasteiger partial charge on any atom is 0.0745 e.